The first kappa shape index (κ1) is 14.0. The average molecular weight is 279 g/mol. The number of hydrogen-bond donors (Lipinski definition) is 1. The molecule has 19 heavy (non-hydrogen) atoms. The van der Waals surface area contributed by atoms with Crippen molar-refractivity contribution in [3.05, 3.63) is 42.0 Å². The monoisotopic (exact) mass is 279 g/mol. The summed E-state index contributed by atoms with van der Waals surface area (Å²) in [6, 6.07) is 6.68. The number of carbonyl (C=O) groups is 1. The standard InChI is InChI=1S/C14H17NO3S/c1-10-3-6-13(7-4-10)19(17,18)15-9-12-5-8-14(16)11(12)2/h3-8,11-12,15H,9H2,1-2H3/t11-,12-/m0/s1. The van der Waals surface area contributed by atoms with Crippen LogP contribution in [0.1, 0.15) is 12.5 Å². The summed E-state index contributed by atoms with van der Waals surface area (Å²) in [6.45, 7) is 3.97. The van der Waals surface area contributed by atoms with Crippen molar-refractivity contribution in [1.82, 2.24) is 4.72 Å². The van der Waals surface area contributed by atoms with Gasteiger partial charge in [0, 0.05) is 18.4 Å². The van der Waals surface area contributed by atoms with Gasteiger partial charge >= 0.3 is 0 Å². The van der Waals surface area contributed by atoms with Crippen molar-refractivity contribution in [3.63, 3.8) is 0 Å². The average Bonchev–Trinajstić information content (AvgIpc) is 2.68. The van der Waals surface area contributed by atoms with E-state index in [1.54, 1.807) is 30.3 Å². The van der Waals surface area contributed by atoms with Gasteiger partial charge in [0.1, 0.15) is 0 Å². The molecular formula is C14H17NO3S. The van der Waals surface area contributed by atoms with Crippen molar-refractivity contribution in [1.29, 1.82) is 0 Å². The van der Waals surface area contributed by atoms with E-state index in [0.29, 0.717) is 0 Å². The molecule has 4 nitrogen and oxygen atoms in total. The second kappa shape index (κ2) is 5.27. The van der Waals surface area contributed by atoms with Gasteiger partial charge in [0.05, 0.1) is 4.90 Å². The summed E-state index contributed by atoms with van der Waals surface area (Å²) in [5.74, 6) is -0.159. The molecule has 0 aromatic heterocycles. The molecule has 1 aliphatic carbocycles. The van der Waals surface area contributed by atoms with E-state index in [9.17, 15) is 13.2 Å². The second-order valence-corrected chi connectivity index (χ2v) is 6.65. The van der Waals surface area contributed by atoms with Gasteiger partial charge in [0.25, 0.3) is 0 Å². The summed E-state index contributed by atoms with van der Waals surface area (Å²) < 4.78 is 26.7. The van der Waals surface area contributed by atoms with Crippen molar-refractivity contribution < 1.29 is 13.2 Å². The predicted molar refractivity (Wildman–Crippen MR) is 73.2 cm³/mol. The minimum atomic E-state index is -3.50. The SMILES string of the molecule is Cc1ccc(S(=O)(=O)NC[C@@H]2C=CC(=O)[C@H]2C)cc1. The molecule has 0 saturated carbocycles. The van der Waals surface area contributed by atoms with Gasteiger partial charge in [-0.1, -0.05) is 30.7 Å². The highest BCUT2D eigenvalue weighted by atomic mass is 32.2. The quantitative estimate of drug-likeness (QED) is 0.911. The van der Waals surface area contributed by atoms with Crippen molar-refractivity contribution in [3.8, 4) is 0 Å². The van der Waals surface area contributed by atoms with E-state index in [-0.39, 0.29) is 29.1 Å². The Morgan fingerprint density at radius 2 is 1.84 bits per heavy atom. The third-order valence-electron chi connectivity index (χ3n) is 3.44. The van der Waals surface area contributed by atoms with Gasteiger partial charge in [0.2, 0.25) is 10.0 Å². The third kappa shape index (κ3) is 3.11. The van der Waals surface area contributed by atoms with Crippen LogP contribution in [0.25, 0.3) is 0 Å². The van der Waals surface area contributed by atoms with Gasteiger partial charge in [-0.15, -0.1) is 0 Å². The highest BCUT2D eigenvalue weighted by Gasteiger charge is 2.27. The summed E-state index contributed by atoms with van der Waals surface area (Å²) in [6.07, 6.45) is 3.29. The number of sulfonamides is 1. The largest absolute Gasteiger partial charge is 0.295 e. The molecule has 1 aromatic rings. The third-order valence-corrected chi connectivity index (χ3v) is 4.88. The van der Waals surface area contributed by atoms with Crippen LogP contribution in [0.5, 0.6) is 0 Å². The van der Waals surface area contributed by atoms with Gasteiger partial charge in [-0.3, -0.25) is 4.79 Å². The Morgan fingerprint density at radius 3 is 2.37 bits per heavy atom. The molecule has 5 heteroatoms. The molecule has 0 saturated heterocycles. The summed E-state index contributed by atoms with van der Waals surface area (Å²) in [4.78, 5) is 11.6. The minimum absolute atomic E-state index is 0.0551. The van der Waals surface area contributed by atoms with Crippen LogP contribution in [0, 0.1) is 18.8 Å². The van der Waals surface area contributed by atoms with Crippen molar-refractivity contribution >= 4 is 15.8 Å². The first-order chi connectivity index (χ1) is 8.90. The Kier molecular flexibility index (Phi) is 3.87. The number of nitrogens with one attached hydrogen (secondary N) is 1. The smallest absolute Gasteiger partial charge is 0.240 e. The number of allylic oxidation sites excluding steroid dienone is 1. The van der Waals surface area contributed by atoms with E-state index in [0.717, 1.165) is 5.56 Å². The van der Waals surface area contributed by atoms with Crippen molar-refractivity contribution in [2.24, 2.45) is 11.8 Å². The Balaban J connectivity index is 2.04. The van der Waals surface area contributed by atoms with E-state index in [2.05, 4.69) is 4.72 Å². The fraction of sp³-hybridized carbons (Fsp3) is 0.357. The van der Waals surface area contributed by atoms with Crippen LogP contribution in [-0.2, 0) is 14.8 Å². The van der Waals surface area contributed by atoms with Gasteiger partial charge in [-0.25, -0.2) is 13.1 Å². The van der Waals surface area contributed by atoms with Crippen LogP contribution < -0.4 is 4.72 Å². The first-order valence-electron chi connectivity index (χ1n) is 6.18. The van der Waals surface area contributed by atoms with Crippen LogP contribution in [0.4, 0.5) is 0 Å². The van der Waals surface area contributed by atoms with Crippen molar-refractivity contribution in [2.45, 2.75) is 18.7 Å². The molecule has 1 aliphatic rings. The van der Waals surface area contributed by atoms with Crippen LogP contribution >= 0.6 is 0 Å². The van der Waals surface area contributed by atoms with Gasteiger partial charge in [-0.05, 0) is 25.1 Å². The van der Waals surface area contributed by atoms with Crippen LogP contribution in [0.3, 0.4) is 0 Å². The minimum Gasteiger partial charge on any atom is -0.295 e. The topological polar surface area (TPSA) is 63.2 Å². The zero-order chi connectivity index (χ0) is 14.0. The van der Waals surface area contributed by atoms with Crippen LogP contribution in [-0.4, -0.2) is 20.7 Å². The van der Waals surface area contributed by atoms with E-state index in [1.165, 1.54) is 6.08 Å². The molecule has 0 unspecified atom stereocenters. The highest BCUT2D eigenvalue weighted by Crippen LogP contribution is 2.21. The molecule has 0 fully saturated rings. The Bertz CT molecular complexity index is 602. The lowest BCUT2D eigenvalue weighted by Crippen LogP contribution is -2.31. The Morgan fingerprint density at radius 1 is 1.21 bits per heavy atom. The summed E-state index contributed by atoms with van der Waals surface area (Å²) in [5.41, 5.74) is 1.01. The molecule has 0 heterocycles. The van der Waals surface area contributed by atoms with Crippen LogP contribution in [0.2, 0.25) is 0 Å². The zero-order valence-corrected chi connectivity index (χ0v) is 11.8. The normalized spacial score (nSPS) is 22.9. The fourth-order valence-electron chi connectivity index (χ4n) is 2.00. The molecule has 0 spiro atoms. The molecule has 102 valence electrons. The maximum atomic E-state index is 12.1. The maximum Gasteiger partial charge on any atom is 0.240 e. The number of benzene rings is 1. The van der Waals surface area contributed by atoms with E-state index >= 15 is 0 Å². The fourth-order valence-corrected chi connectivity index (χ4v) is 3.07. The van der Waals surface area contributed by atoms with E-state index in [1.807, 2.05) is 13.8 Å². The summed E-state index contributed by atoms with van der Waals surface area (Å²) in [5, 5.41) is 0. The highest BCUT2D eigenvalue weighted by molar-refractivity contribution is 7.89. The number of rotatable bonds is 4. The second-order valence-electron chi connectivity index (χ2n) is 4.88. The molecule has 1 aromatic carbocycles. The molecule has 0 aliphatic heterocycles. The molecule has 1 N–H and O–H groups in total. The maximum absolute atomic E-state index is 12.1. The summed E-state index contributed by atoms with van der Waals surface area (Å²) in [7, 11) is -3.50. The first-order valence-corrected chi connectivity index (χ1v) is 7.67. The van der Waals surface area contributed by atoms with Gasteiger partial charge in [0.15, 0.2) is 5.78 Å². The number of aryl methyl sites for hydroxylation is 1. The Labute approximate surface area is 113 Å². The van der Waals surface area contributed by atoms with Gasteiger partial charge < -0.3 is 0 Å². The van der Waals surface area contributed by atoms with E-state index < -0.39 is 10.0 Å². The lowest BCUT2D eigenvalue weighted by Gasteiger charge is -2.14. The molecule has 2 rings (SSSR count). The lowest BCUT2D eigenvalue weighted by atomic mass is 9.97. The van der Waals surface area contributed by atoms with E-state index in [4.69, 9.17) is 0 Å². The molecule has 0 radical (unpaired) electrons. The zero-order valence-electron chi connectivity index (χ0n) is 11.0. The Hall–Kier alpha value is -1.46. The predicted octanol–water partition coefficient (Wildman–Crippen LogP) is 1.66. The summed E-state index contributed by atoms with van der Waals surface area (Å²) >= 11 is 0. The van der Waals surface area contributed by atoms with Crippen LogP contribution in [0.15, 0.2) is 41.3 Å². The van der Waals surface area contributed by atoms with Crippen molar-refractivity contribution in [2.75, 3.05) is 6.54 Å². The number of hydrogen-bond acceptors (Lipinski definition) is 3. The number of carbonyl (C=O) groups excluding carboxylic acids is 1. The molecule has 0 amide bonds. The van der Waals surface area contributed by atoms with Gasteiger partial charge in [-0.2, -0.15) is 0 Å². The lowest BCUT2D eigenvalue weighted by molar-refractivity contribution is -0.117. The molecular weight excluding hydrogens is 262 g/mol. The molecule has 2 atom stereocenters. The molecule has 0 bridgehead atoms. The number of ketones is 1.